The molecule has 120 valence electrons. The van der Waals surface area contributed by atoms with Crippen LogP contribution in [0.2, 0.25) is 0 Å². The molecule has 6 nitrogen and oxygen atoms in total. The first kappa shape index (κ1) is 16.3. The lowest BCUT2D eigenvalue weighted by molar-refractivity contribution is -0.139. The Hall–Kier alpha value is -2.08. The first-order valence-corrected chi connectivity index (χ1v) is 7.58. The van der Waals surface area contributed by atoms with Crippen LogP contribution in [-0.2, 0) is 4.79 Å². The molecule has 1 fully saturated rings. The van der Waals surface area contributed by atoms with Crippen LogP contribution in [-0.4, -0.2) is 35.4 Å². The lowest BCUT2D eigenvalue weighted by Gasteiger charge is -2.38. The molecular formula is C16H23N3O3. The van der Waals surface area contributed by atoms with Crippen molar-refractivity contribution in [1.29, 1.82) is 0 Å². The highest BCUT2D eigenvalue weighted by molar-refractivity contribution is 5.93. The molecule has 2 unspecified atom stereocenters. The van der Waals surface area contributed by atoms with Crippen molar-refractivity contribution < 1.29 is 14.3 Å². The molecule has 0 aromatic heterocycles. The lowest BCUT2D eigenvalue weighted by atomic mass is 9.97. The maximum atomic E-state index is 12.3. The number of hydrogen-bond acceptors (Lipinski definition) is 4. The Labute approximate surface area is 130 Å². The molecule has 2 amide bonds. The van der Waals surface area contributed by atoms with E-state index in [4.69, 9.17) is 10.6 Å². The number of hydrogen-bond donors (Lipinski definition) is 2. The van der Waals surface area contributed by atoms with Gasteiger partial charge in [-0.2, -0.15) is 0 Å². The number of carbonyl (C=O) groups excluding carboxylic acids is 2. The third-order valence-corrected chi connectivity index (χ3v) is 4.09. The second-order valence-corrected chi connectivity index (χ2v) is 5.72. The summed E-state index contributed by atoms with van der Waals surface area (Å²) in [5, 5.41) is 0. The summed E-state index contributed by atoms with van der Waals surface area (Å²) in [6.45, 7) is 4.17. The van der Waals surface area contributed by atoms with E-state index in [1.165, 1.54) is 0 Å². The second-order valence-electron chi connectivity index (χ2n) is 5.72. The smallest absolute Gasteiger partial charge is 0.265 e. The van der Waals surface area contributed by atoms with Crippen molar-refractivity contribution in [2.24, 2.45) is 5.84 Å². The van der Waals surface area contributed by atoms with Gasteiger partial charge in [-0.1, -0.05) is 0 Å². The summed E-state index contributed by atoms with van der Waals surface area (Å²) < 4.78 is 5.53. The fourth-order valence-corrected chi connectivity index (χ4v) is 2.92. The van der Waals surface area contributed by atoms with Gasteiger partial charge in [0.15, 0.2) is 6.61 Å². The Bertz CT molecular complexity index is 520. The number of ether oxygens (including phenoxy) is 1. The van der Waals surface area contributed by atoms with E-state index in [2.05, 4.69) is 19.3 Å². The number of nitrogens with two attached hydrogens (primary N) is 1. The molecule has 0 radical (unpaired) electrons. The zero-order valence-electron chi connectivity index (χ0n) is 13.0. The molecule has 2 atom stereocenters. The highest BCUT2D eigenvalue weighted by Crippen LogP contribution is 2.22. The van der Waals surface area contributed by atoms with Crippen molar-refractivity contribution in [3.8, 4) is 5.75 Å². The van der Waals surface area contributed by atoms with E-state index in [1.54, 1.807) is 24.3 Å². The normalized spacial score (nSPS) is 21.3. The van der Waals surface area contributed by atoms with E-state index in [0.717, 1.165) is 19.3 Å². The molecule has 2 rings (SSSR count). The predicted molar refractivity (Wildman–Crippen MR) is 83.2 cm³/mol. The third-order valence-electron chi connectivity index (χ3n) is 4.09. The summed E-state index contributed by atoms with van der Waals surface area (Å²) in [5.41, 5.74) is 2.51. The number of hydrazine groups is 1. The minimum Gasteiger partial charge on any atom is -0.484 e. The summed E-state index contributed by atoms with van der Waals surface area (Å²) in [5.74, 6) is 5.26. The number of likely N-dealkylation sites (tertiary alicyclic amines) is 1. The standard InChI is InChI=1S/C16H23N3O3/c1-11-4-3-5-12(2)19(11)15(20)10-22-14-8-6-13(7-9-14)16(21)18-17/h6-9,11-12H,3-5,10,17H2,1-2H3,(H,18,21). The Morgan fingerprint density at radius 3 is 2.36 bits per heavy atom. The van der Waals surface area contributed by atoms with Gasteiger partial charge in [-0.05, 0) is 57.4 Å². The van der Waals surface area contributed by atoms with Crippen molar-refractivity contribution >= 4 is 11.8 Å². The summed E-state index contributed by atoms with van der Waals surface area (Å²) in [4.78, 5) is 25.6. The van der Waals surface area contributed by atoms with E-state index in [-0.39, 0.29) is 30.5 Å². The highest BCUT2D eigenvalue weighted by Gasteiger charge is 2.28. The number of nitrogens with zero attached hydrogens (tertiary/aromatic N) is 1. The number of nitrogens with one attached hydrogen (secondary N) is 1. The summed E-state index contributed by atoms with van der Waals surface area (Å²) >= 11 is 0. The molecule has 1 heterocycles. The summed E-state index contributed by atoms with van der Waals surface area (Å²) in [7, 11) is 0. The van der Waals surface area contributed by atoms with Crippen molar-refractivity contribution in [2.75, 3.05) is 6.61 Å². The zero-order chi connectivity index (χ0) is 16.1. The maximum absolute atomic E-state index is 12.3. The number of benzene rings is 1. The molecular weight excluding hydrogens is 282 g/mol. The molecule has 0 saturated carbocycles. The van der Waals surface area contributed by atoms with E-state index >= 15 is 0 Å². The second kappa shape index (κ2) is 7.26. The zero-order valence-corrected chi connectivity index (χ0v) is 13.0. The van der Waals surface area contributed by atoms with Gasteiger partial charge in [0, 0.05) is 17.6 Å². The van der Waals surface area contributed by atoms with Gasteiger partial charge >= 0.3 is 0 Å². The van der Waals surface area contributed by atoms with E-state index in [1.807, 2.05) is 4.90 Å². The monoisotopic (exact) mass is 305 g/mol. The topological polar surface area (TPSA) is 84.7 Å². The minimum atomic E-state index is -0.362. The van der Waals surface area contributed by atoms with E-state index < -0.39 is 0 Å². The van der Waals surface area contributed by atoms with Crippen LogP contribution in [0.1, 0.15) is 43.5 Å². The summed E-state index contributed by atoms with van der Waals surface area (Å²) in [6.07, 6.45) is 3.25. The van der Waals surface area contributed by atoms with Gasteiger partial charge in [-0.25, -0.2) is 5.84 Å². The number of nitrogen functional groups attached to an aromatic ring is 1. The molecule has 1 aromatic carbocycles. The van der Waals surface area contributed by atoms with Gasteiger partial charge in [-0.3, -0.25) is 15.0 Å². The number of carbonyl (C=O) groups is 2. The van der Waals surface area contributed by atoms with Crippen LogP contribution < -0.4 is 16.0 Å². The molecule has 22 heavy (non-hydrogen) atoms. The first-order chi connectivity index (χ1) is 10.5. The van der Waals surface area contributed by atoms with Crippen LogP contribution in [0.4, 0.5) is 0 Å². The van der Waals surface area contributed by atoms with Crippen molar-refractivity contribution in [3.05, 3.63) is 29.8 Å². The molecule has 0 aliphatic carbocycles. The van der Waals surface area contributed by atoms with Crippen LogP contribution in [0.25, 0.3) is 0 Å². The van der Waals surface area contributed by atoms with Gasteiger partial charge < -0.3 is 9.64 Å². The Morgan fingerprint density at radius 2 is 1.82 bits per heavy atom. The lowest BCUT2D eigenvalue weighted by Crippen LogP contribution is -2.49. The van der Waals surface area contributed by atoms with Crippen LogP contribution >= 0.6 is 0 Å². The number of piperidine rings is 1. The van der Waals surface area contributed by atoms with Crippen LogP contribution in [0.3, 0.4) is 0 Å². The van der Waals surface area contributed by atoms with Gasteiger partial charge in [0.05, 0.1) is 0 Å². The number of rotatable bonds is 4. The SMILES string of the molecule is CC1CCCC(C)N1C(=O)COc1ccc(C(=O)NN)cc1. The Kier molecular flexibility index (Phi) is 5.38. The predicted octanol–water partition coefficient (Wildman–Crippen LogP) is 1.46. The van der Waals surface area contributed by atoms with Gasteiger partial charge in [0.2, 0.25) is 0 Å². The van der Waals surface area contributed by atoms with Gasteiger partial charge in [0.25, 0.3) is 11.8 Å². The van der Waals surface area contributed by atoms with Crippen LogP contribution in [0.15, 0.2) is 24.3 Å². The van der Waals surface area contributed by atoms with Crippen LogP contribution in [0.5, 0.6) is 5.75 Å². The summed E-state index contributed by atoms with van der Waals surface area (Å²) in [6, 6.07) is 7.04. The quantitative estimate of drug-likeness (QED) is 0.501. The average molecular weight is 305 g/mol. The van der Waals surface area contributed by atoms with Crippen molar-refractivity contribution in [2.45, 2.75) is 45.2 Å². The molecule has 1 aromatic rings. The van der Waals surface area contributed by atoms with Gasteiger partial charge in [-0.15, -0.1) is 0 Å². The van der Waals surface area contributed by atoms with Crippen molar-refractivity contribution in [1.82, 2.24) is 10.3 Å². The van der Waals surface area contributed by atoms with Gasteiger partial charge in [0.1, 0.15) is 5.75 Å². The Balaban J connectivity index is 1.92. The fourth-order valence-electron chi connectivity index (χ4n) is 2.92. The molecule has 1 saturated heterocycles. The first-order valence-electron chi connectivity index (χ1n) is 7.58. The largest absolute Gasteiger partial charge is 0.484 e. The molecule has 0 spiro atoms. The van der Waals surface area contributed by atoms with E-state index in [0.29, 0.717) is 11.3 Å². The molecule has 0 bridgehead atoms. The van der Waals surface area contributed by atoms with Crippen molar-refractivity contribution in [3.63, 3.8) is 0 Å². The molecule has 6 heteroatoms. The highest BCUT2D eigenvalue weighted by atomic mass is 16.5. The maximum Gasteiger partial charge on any atom is 0.265 e. The minimum absolute atomic E-state index is 0.00322. The average Bonchev–Trinajstić information content (AvgIpc) is 2.52. The third kappa shape index (κ3) is 3.76. The molecule has 3 N–H and O–H groups in total. The molecule has 1 aliphatic heterocycles. The molecule has 1 aliphatic rings. The van der Waals surface area contributed by atoms with Crippen LogP contribution in [0, 0.1) is 0 Å². The van der Waals surface area contributed by atoms with E-state index in [9.17, 15) is 9.59 Å². The fraction of sp³-hybridized carbons (Fsp3) is 0.500. The number of amides is 2. The Morgan fingerprint density at radius 1 is 1.23 bits per heavy atom.